The van der Waals surface area contributed by atoms with Crippen molar-refractivity contribution in [3.8, 4) is 0 Å². The molecule has 2 heteroatoms. The van der Waals surface area contributed by atoms with E-state index in [4.69, 9.17) is 0 Å². The fourth-order valence-electron chi connectivity index (χ4n) is 4.15. The lowest BCUT2D eigenvalue weighted by Crippen LogP contribution is -2.34. The Balaban J connectivity index is 2.02. The van der Waals surface area contributed by atoms with Crippen LogP contribution in [-0.4, -0.2) is 23.9 Å². The molecule has 0 aromatic carbocycles. The third-order valence-corrected chi connectivity index (χ3v) is 6.30. The number of hydrogen-bond donors (Lipinski definition) is 0. The molecule has 2 nitrogen and oxygen atoms in total. The molecule has 0 aliphatic heterocycles. The molecule has 0 aromatic heterocycles. The lowest BCUT2D eigenvalue weighted by Gasteiger charge is -2.23. The first-order chi connectivity index (χ1) is 13.8. The lowest BCUT2D eigenvalue weighted by atomic mass is 10.1. The van der Waals surface area contributed by atoms with Crippen molar-refractivity contribution in [2.45, 2.75) is 142 Å². The van der Waals surface area contributed by atoms with Crippen LogP contribution in [0.5, 0.6) is 0 Å². The molecule has 0 spiro atoms. The number of unbranched alkanes of at least 4 members (excludes halogenated alkanes) is 16. The second-order valence-corrected chi connectivity index (χ2v) is 9.26. The maximum absolute atomic E-state index is 12.6. The van der Waals surface area contributed by atoms with Crippen LogP contribution in [0.2, 0.25) is 0 Å². The van der Waals surface area contributed by atoms with Gasteiger partial charge in [-0.25, -0.2) is 0 Å². The molecule has 0 N–H and O–H groups in total. The SMILES string of the molecule is CCCCCCCCCCCN(CCCCCCCCCCC)C(=O)C1CC1. The fourth-order valence-corrected chi connectivity index (χ4v) is 4.15. The van der Waals surface area contributed by atoms with E-state index in [9.17, 15) is 4.79 Å². The second-order valence-electron chi connectivity index (χ2n) is 9.26. The molecule has 28 heavy (non-hydrogen) atoms. The molecule has 1 fully saturated rings. The summed E-state index contributed by atoms with van der Waals surface area (Å²) >= 11 is 0. The molecule has 1 rings (SSSR count). The van der Waals surface area contributed by atoms with E-state index in [-0.39, 0.29) is 0 Å². The predicted molar refractivity (Wildman–Crippen MR) is 124 cm³/mol. The molecular formula is C26H51NO. The standard InChI is InChI=1S/C26H51NO/c1-3-5-7-9-11-13-15-17-19-23-27(26(28)25-21-22-25)24-20-18-16-14-12-10-8-6-4-2/h25H,3-24H2,1-2H3. The molecule has 1 aliphatic carbocycles. The highest BCUT2D eigenvalue weighted by Crippen LogP contribution is 2.31. The van der Waals surface area contributed by atoms with Gasteiger partial charge in [0.15, 0.2) is 0 Å². The third-order valence-electron chi connectivity index (χ3n) is 6.30. The van der Waals surface area contributed by atoms with Crippen LogP contribution in [0.25, 0.3) is 0 Å². The molecule has 0 bridgehead atoms. The van der Waals surface area contributed by atoms with Crippen molar-refractivity contribution < 1.29 is 4.79 Å². The highest BCUT2D eigenvalue weighted by molar-refractivity contribution is 5.81. The van der Waals surface area contributed by atoms with E-state index < -0.39 is 0 Å². The Bertz CT molecular complexity index is 328. The average molecular weight is 394 g/mol. The Hall–Kier alpha value is -0.530. The molecule has 0 unspecified atom stereocenters. The highest BCUT2D eigenvalue weighted by atomic mass is 16.2. The van der Waals surface area contributed by atoms with Crippen molar-refractivity contribution in [2.24, 2.45) is 5.92 Å². The van der Waals surface area contributed by atoms with Crippen molar-refractivity contribution >= 4 is 5.91 Å². The van der Waals surface area contributed by atoms with E-state index in [0.29, 0.717) is 11.8 Å². The van der Waals surface area contributed by atoms with Gasteiger partial charge in [0.2, 0.25) is 5.91 Å². The molecule has 0 heterocycles. The number of carbonyl (C=O) groups is 1. The first kappa shape index (κ1) is 25.5. The molecule has 1 saturated carbocycles. The Morgan fingerprint density at radius 2 is 0.893 bits per heavy atom. The molecule has 0 aromatic rings. The summed E-state index contributed by atoms with van der Waals surface area (Å²) < 4.78 is 0. The lowest BCUT2D eigenvalue weighted by molar-refractivity contribution is -0.132. The van der Waals surface area contributed by atoms with Gasteiger partial charge in [0.05, 0.1) is 0 Å². The van der Waals surface area contributed by atoms with Gasteiger partial charge >= 0.3 is 0 Å². The van der Waals surface area contributed by atoms with Crippen LogP contribution in [0, 0.1) is 5.92 Å². The minimum absolute atomic E-state index is 0.386. The Morgan fingerprint density at radius 1 is 0.571 bits per heavy atom. The Kier molecular flexibility index (Phi) is 16.8. The van der Waals surface area contributed by atoms with Gasteiger partial charge in [-0.3, -0.25) is 4.79 Å². The molecule has 0 radical (unpaired) electrons. The van der Waals surface area contributed by atoms with E-state index in [2.05, 4.69) is 18.7 Å². The summed E-state index contributed by atoms with van der Waals surface area (Å²) in [6.45, 7) is 6.59. The normalized spacial score (nSPS) is 13.8. The predicted octanol–water partition coefficient (Wildman–Crippen LogP) is 8.29. The van der Waals surface area contributed by atoms with Crippen LogP contribution in [0.1, 0.15) is 142 Å². The van der Waals surface area contributed by atoms with Gasteiger partial charge in [-0.15, -0.1) is 0 Å². The van der Waals surface area contributed by atoms with Crippen LogP contribution in [0.4, 0.5) is 0 Å². The van der Waals surface area contributed by atoms with Gasteiger partial charge in [-0.1, -0.05) is 117 Å². The van der Waals surface area contributed by atoms with Crippen molar-refractivity contribution in [3.63, 3.8) is 0 Å². The molecule has 0 atom stereocenters. The van der Waals surface area contributed by atoms with Crippen LogP contribution >= 0.6 is 0 Å². The van der Waals surface area contributed by atoms with E-state index >= 15 is 0 Å². The van der Waals surface area contributed by atoms with E-state index in [0.717, 1.165) is 25.9 Å². The fraction of sp³-hybridized carbons (Fsp3) is 0.962. The van der Waals surface area contributed by atoms with Gasteiger partial charge < -0.3 is 4.90 Å². The largest absolute Gasteiger partial charge is 0.342 e. The summed E-state index contributed by atoms with van der Waals surface area (Å²) in [4.78, 5) is 14.8. The first-order valence-corrected chi connectivity index (χ1v) is 13.1. The zero-order valence-corrected chi connectivity index (χ0v) is 19.5. The van der Waals surface area contributed by atoms with Gasteiger partial charge in [-0.2, -0.15) is 0 Å². The number of carbonyl (C=O) groups excluding carboxylic acids is 1. The second kappa shape index (κ2) is 18.5. The Labute approximate surface area is 177 Å². The number of amides is 1. The zero-order chi connectivity index (χ0) is 20.3. The summed E-state index contributed by atoms with van der Waals surface area (Å²) in [6.07, 6.45) is 26.8. The van der Waals surface area contributed by atoms with E-state index in [1.807, 2.05) is 0 Å². The molecule has 0 saturated heterocycles. The summed E-state index contributed by atoms with van der Waals surface area (Å²) in [7, 11) is 0. The minimum Gasteiger partial charge on any atom is -0.342 e. The number of nitrogens with zero attached hydrogens (tertiary/aromatic N) is 1. The molecule has 166 valence electrons. The molecule has 1 aliphatic rings. The third kappa shape index (κ3) is 14.5. The molecule has 1 amide bonds. The summed E-state index contributed by atoms with van der Waals surface area (Å²) in [5.74, 6) is 0.858. The summed E-state index contributed by atoms with van der Waals surface area (Å²) in [6, 6.07) is 0. The van der Waals surface area contributed by atoms with E-state index in [1.165, 1.54) is 116 Å². The average Bonchev–Trinajstić information content (AvgIpc) is 3.54. The quantitative estimate of drug-likeness (QED) is 0.180. The monoisotopic (exact) mass is 393 g/mol. The van der Waals surface area contributed by atoms with Crippen molar-refractivity contribution in [2.75, 3.05) is 13.1 Å². The van der Waals surface area contributed by atoms with E-state index in [1.54, 1.807) is 0 Å². The summed E-state index contributed by atoms with van der Waals surface area (Å²) in [5, 5.41) is 0. The van der Waals surface area contributed by atoms with Gasteiger partial charge in [0.1, 0.15) is 0 Å². The van der Waals surface area contributed by atoms with Crippen LogP contribution < -0.4 is 0 Å². The summed E-state index contributed by atoms with van der Waals surface area (Å²) in [5.41, 5.74) is 0. The number of hydrogen-bond acceptors (Lipinski definition) is 1. The first-order valence-electron chi connectivity index (χ1n) is 13.1. The Morgan fingerprint density at radius 3 is 1.21 bits per heavy atom. The van der Waals surface area contributed by atoms with Gasteiger partial charge in [0, 0.05) is 19.0 Å². The maximum atomic E-state index is 12.6. The van der Waals surface area contributed by atoms with Crippen LogP contribution in [-0.2, 0) is 4.79 Å². The topological polar surface area (TPSA) is 20.3 Å². The van der Waals surface area contributed by atoms with Gasteiger partial charge in [0.25, 0.3) is 0 Å². The smallest absolute Gasteiger partial charge is 0.225 e. The van der Waals surface area contributed by atoms with Gasteiger partial charge in [-0.05, 0) is 25.7 Å². The zero-order valence-electron chi connectivity index (χ0n) is 19.5. The van der Waals surface area contributed by atoms with Crippen molar-refractivity contribution in [1.29, 1.82) is 0 Å². The van der Waals surface area contributed by atoms with Crippen molar-refractivity contribution in [1.82, 2.24) is 4.90 Å². The number of rotatable bonds is 21. The minimum atomic E-state index is 0.386. The highest BCUT2D eigenvalue weighted by Gasteiger charge is 2.32. The maximum Gasteiger partial charge on any atom is 0.225 e. The molecular weight excluding hydrogens is 342 g/mol. The van der Waals surface area contributed by atoms with Crippen LogP contribution in [0.15, 0.2) is 0 Å². The van der Waals surface area contributed by atoms with Crippen molar-refractivity contribution in [3.05, 3.63) is 0 Å². The van der Waals surface area contributed by atoms with Crippen LogP contribution in [0.3, 0.4) is 0 Å².